The van der Waals surface area contributed by atoms with Crippen LogP contribution in [0.15, 0.2) is 30.0 Å². The Labute approximate surface area is 109 Å². The Morgan fingerprint density at radius 3 is 2.30 bits per heavy atom. The van der Waals surface area contributed by atoms with Crippen molar-refractivity contribution < 1.29 is 26.3 Å². The zero-order chi connectivity index (χ0) is 15.6. The van der Waals surface area contributed by atoms with Gasteiger partial charge in [0.25, 0.3) is 0 Å². The summed E-state index contributed by atoms with van der Waals surface area (Å²) < 4.78 is 73.4. The van der Waals surface area contributed by atoms with Gasteiger partial charge < -0.3 is 5.73 Å². The normalized spacial score (nSPS) is 13.4. The maximum absolute atomic E-state index is 12.4. The minimum Gasteiger partial charge on any atom is -0.402 e. The molecule has 0 aromatic carbocycles. The van der Waals surface area contributed by atoms with Crippen LogP contribution in [-0.4, -0.2) is 16.9 Å². The molecule has 110 valence electrons. The molecule has 0 atom stereocenters. The number of hydrogen-bond acceptors (Lipinski definition) is 3. The quantitative estimate of drug-likeness (QED) is 0.665. The molecule has 0 amide bonds. The number of pyridine rings is 1. The molecule has 0 bridgehead atoms. The number of alkyl halides is 6. The Bertz CT molecular complexity index is 530. The smallest absolute Gasteiger partial charge is 0.402 e. The highest BCUT2D eigenvalue weighted by Crippen LogP contribution is 2.27. The minimum atomic E-state index is -4.86. The molecule has 0 fully saturated rings. The minimum absolute atomic E-state index is 0.136. The molecular weight excluding hydrogens is 288 g/mol. The number of nitrogens with zero attached hydrogens (tertiary/aromatic N) is 1. The number of nitrogens with one attached hydrogen (secondary N) is 1. The number of nitrogens with two attached hydrogens (primary N) is 1. The van der Waals surface area contributed by atoms with Gasteiger partial charge in [0.15, 0.2) is 0 Å². The van der Waals surface area contributed by atoms with Crippen LogP contribution in [0, 0.1) is 5.41 Å². The van der Waals surface area contributed by atoms with E-state index in [0.29, 0.717) is 6.08 Å². The van der Waals surface area contributed by atoms with Crippen LogP contribution in [0.5, 0.6) is 0 Å². The molecule has 0 saturated heterocycles. The summed E-state index contributed by atoms with van der Waals surface area (Å²) in [4.78, 5) is 3.26. The lowest BCUT2D eigenvalue weighted by atomic mass is 10.1. The van der Waals surface area contributed by atoms with E-state index in [1.807, 2.05) is 0 Å². The first-order chi connectivity index (χ1) is 9.00. The van der Waals surface area contributed by atoms with Gasteiger partial charge in [-0.15, -0.1) is 0 Å². The van der Waals surface area contributed by atoms with Crippen LogP contribution < -0.4 is 5.73 Å². The Kier molecular flexibility index (Phi) is 4.41. The average molecular weight is 297 g/mol. The molecule has 0 saturated carbocycles. The fourth-order valence-corrected chi connectivity index (χ4v) is 1.26. The second kappa shape index (κ2) is 5.51. The van der Waals surface area contributed by atoms with Crippen molar-refractivity contribution in [2.24, 2.45) is 5.73 Å². The third kappa shape index (κ3) is 4.56. The van der Waals surface area contributed by atoms with E-state index < -0.39 is 35.9 Å². The fraction of sp³-hybridized carbons (Fsp3) is 0.273. The standard InChI is InChI=1S/C11H9F6N3/c12-10(13,14)8(19)5-6(18)4-7-2-1-3-9(20-7)11(15,16)17/h1-3,5,19H,4,18H2/b6-5-,19-8?. The van der Waals surface area contributed by atoms with Gasteiger partial charge in [0.1, 0.15) is 11.4 Å². The summed E-state index contributed by atoms with van der Waals surface area (Å²) in [5.74, 6) is 0. The summed E-state index contributed by atoms with van der Waals surface area (Å²) in [5.41, 5.74) is 1.88. The van der Waals surface area contributed by atoms with Gasteiger partial charge in [-0.3, -0.25) is 5.41 Å². The maximum atomic E-state index is 12.4. The zero-order valence-corrected chi connectivity index (χ0v) is 9.81. The van der Waals surface area contributed by atoms with Crippen molar-refractivity contribution in [1.29, 1.82) is 5.41 Å². The molecule has 3 N–H and O–H groups in total. The highest BCUT2D eigenvalue weighted by Gasteiger charge is 2.33. The summed E-state index contributed by atoms with van der Waals surface area (Å²) in [5, 5.41) is 6.70. The van der Waals surface area contributed by atoms with E-state index in [4.69, 9.17) is 11.1 Å². The van der Waals surface area contributed by atoms with Crippen LogP contribution in [0.4, 0.5) is 26.3 Å². The highest BCUT2D eigenvalue weighted by atomic mass is 19.4. The number of halogens is 6. The van der Waals surface area contributed by atoms with Crippen molar-refractivity contribution in [3.63, 3.8) is 0 Å². The predicted octanol–water partition coefficient (Wildman–Crippen LogP) is 3.07. The summed E-state index contributed by atoms with van der Waals surface area (Å²) >= 11 is 0. The molecule has 0 radical (unpaired) electrons. The van der Waals surface area contributed by atoms with Crippen molar-refractivity contribution in [2.45, 2.75) is 18.8 Å². The topological polar surface area (TPSA) is 62.8 Å². The molecule has 3 nitrogen and oxygen atoms in total. The van der Waals surface area contributed by atoms with Gasteiger partial charge in [0.05, 0.1) is 0 Å². The third-order valence-corrected chi connectivity index (χ3v) is 2.12. The van der Waals surface area contributed by atoms with Crippen LogP contribution in [0.25, 0.3) is 0 Å². The van der Waals surface area contributed by atoms with Crippen LogP contribution in [-0.2, 0) is 12.6 Å². The first kappa shape index (κ1) is 16.0. The summed E-state index contributed by atoms with van der Waals surface area (Å²) in [6, 6.07) is 3.02. The first-order valence-electron chi connectivity index (χ1n) is 5.15. The molecule has 9 heteroatoms. The van der Waals surface area contributed by atoms with E-state index in [-0.39, 0.29) is 5.69 Å². The van der Waals surface area contributed by atoms with Crippen molar-refractivity contribution in [3.8, 4) is 0 Å². The zero-order valence-electron chi connectivity index (χ0n) is 9.81. The van der Waals surface area contributed by atoms with E-state index in [0.717, 1.165) is 12.1 Å². The molecule has 0 unspecified atom stereocenters. The monoisotopic (exact) mass is 297 g/mol. The number of allylic oxidation sites excluding steroid dienone is 2. The lowest BCUT2D eigenvalue weighted by Crippen LogP contribution is -2.21. The van der Waals surface area contributed by atoms with Gasteiger partial charge in [-0.1, -0.05) is 6.07 Å². The molecule has 20 heavy (non-hydrogen) atoms. The summed E-state index contributed by atoms with van der Waals surface area (Å²) in [6.45, 7) is 0. The van der Waals surface area contributed by atoms with Gasteiger partial charge in [-0.05, 0) is 18.2 Å². The van der Waals surface area contributed by atoms with Gasteiger partial charge in [-0.2, -0.15) is 26.3 Å². The molecule has 0 aliphatic rings. The lowest BCUT2D eigenvalue weighted by Gasteiger charge is -2.08. The largest absolute Gasteiger partial charge is 0.433 e. The lowest BCUT2D eigenvalue weighted by molar-refractivity contribution is -0.141. The van der Waals surface area contributed by atoms with Gasteiger partial charge in [-0.25, -0.2) is 4.98 Å². The molecule has 0 spiro atoms. The van der Waals surface area contributed by atoms with E-state index in [1.165, 1.54) is 6.07 Å². The molecule has 1 aromatic heterocycles. The third-order valence-electron chi connectivity index (χ3n) is 2.12. The number of rotatable bonds is 3. The molecule has 1 rings (SSSR count). The van der Waals surface area contributed by atoms with E-state index >= 15 is 0 Å². The van der Waals surface area contributed by atoms with Gasteiger partial charge in [0, 0.05) is 17.8 Å². The van der Waals surface area contributed by atoms with Crippen molar-refractivity contribution in [1.82, 2.24) is 4.98 Å². The van der Waals surface area contributed by atoms with E-state index in [9.17, 15) is 26.3 Å². The molecule has 0 aliphatic carbocycles. The van der Waals surface area contributed by atoms with Crippen molar-refractivity contribution in [2.75, 3.05) is 0 Å². The Morgan fingerprint density at radius 2 is 1.80 bits per heavy atom. The molecule has 1 heterocycles. The molecule has 1 aromatic rings. The highest BCUT2D eigenvalue weighted by molar-refractivity contribution is 5.97. The maximum Gasteiger partial charge on any atom is 0.433 e. The van der Waals surface area contributed by atoms with Crippen molar-refractivity contribution >= 4 is 5.71 Å². The Balaban J connectivity index is 2.89. The average Bonchev–Trinajstić information content (AvgIpc) is 2.26. The van der Waals surface area contributed by atoms with Gasteiger partial charge >= 0.3 is 12.4 Å². The van der Waals surface area contributed by atoms with E-state index in [2.05, 4.69) is 4.98 Å². The predicted molar refractivity (Wildman–Crippen MR) is 59.0 cm³/mol. The summed E-state index contributed by atoms with van der Waals surface area (Å²) in [7, 11) is 0. The SMILES string of the molecule is N=C(/C=C(\N)Cc1cccc(C(F)(F)F)n1)C(F)(F)F. The number of aromatic nitrogens is 1. The fourth-order valence-electron chi connectivity index (χ4n) is 1.26. The van der Waals surface area contributed by atoms with Crippen LogP contribution in [0.2, 0.25) is 0 Å². The second-order valence-corrected chi connectivity index (χ2v) is 3.82. The Hall–Kier alpha value is -2.06. The second-order valence-electron chi connectivity index (χ2n) is 3.82. The van der Waals surface area contributed by atoms with Crippen LogP contribution >= 0.6 is 0 Å². The Morgan fingerprint density at radius 1 is 1.20 bits per heavy atom. The van der Waals surface area contributed by atoms with Crippen molar-refractivity contribution in [3.05, 3.63) is 41.4 Å². The molecular formula is C11H9F6N3. The van der Waals surface area contributed by atoms with E-state index in [1.54, 1.807) is 0 Å². The van der Waals surface area contributed by atoms with Gasteiger partial charge in [0.2, 0.25) is 0 Å². The number of hydrogen-bond donors (Lipinski definition) is 2. The van der Waals surface area contributed by atoms with Crippen LogP contribution in [0.1, 0.15) is 11.4 Å². The first-order valence-corrected chi connectivity index (χ1v) is 5.15. The summed E-state index contributed by atoms with van der Waals surface area (Å²) in [6.07, 6.45) is -9.57. The van der Waals surface area contributed by atoms with Crippen LogP contribution in [0.3, 0.4) is 0 Å². The molecule has 0 aliphatic heterocycles.